The maximum Gasteiger partial charge on any atom is 0.319 e. The van der Waals surface area contributed by atoms with Gasteiger partial charge in [-0.05, 0) is 42.5 Å². The van der Waals surface area contributed by atoms with Crippen molar-refractivity contribution in [2.24, 2.45) is 5.92 Å². The van der Waals surface area contributed by atoms with Gasteiger partial charge >= 0.3 is 6.03 Å². The third-order valence-electron chi connectivity index (χ3n) is 4.89. The highest BCUT2D eigenvalue weighted by Gasteiger charge is 2.23. The Morgan fingerprint density at radius 3 is 2.78 bits per heavy atom. The minimum Gasteiger partial charge on any atom is -0.371 e. The Kier molecular flexibility index (Phi) is 6.27. The molecule has 1 aliphatic heterocycles. The number of nitrogens with zero attached hydrogens (tertiary/aromatic N) is 1. The molecule has 1 saturated heterocycles. The van der Waals surface area contributed by atoms with Crippen molar-refractivity contribution in [1.29, 1.82) is 0 Å². The van der Waals surface area contributed by atoms with E-state index in [4.69, 9.17) is 0 Å². The maximum absolute atomic E-state index is 13.4. The fraction of sp³-hybridized carbons (Fsp3) is 0.381. The number of urea groups is 1. The van der Waals surface area contributed by atoms with E-state index in [9.17, 15) is 13.6 Å². The molecule has 2 N–H and O–H groups in total. The Labute approximate surface area is 158 Å². The number of aryl methyl sites for hydroxylation is 1. The number of carbonyl (C=O) groups is 1. The standard InChI is InChI=1S/C21H25F2N3O/c1-2-5-16-6-3-4-7-20(16)25-21(27)24-13-15-10-11-26(14-15)17-8-9-18(22)19(23)12-17/h3-4,6-9,12,15H,2,5,10-11,13-14H2,1H3,(H2,24,25,27). The second-order valence-corrected chi connectivity index (χ2v) is 6.94. The minimum atomic E-state index is -0.837. The van der Waals surface area contributed by atoms with Gasteiger partial charge in [-0.1, -0.05) is 31.5 Å². The number of amides is 2. The van der Waals surface area contributed by atoms with Crippen molar-refractivity contribution in [2.75, 3.05) is 29.9 Å². The number of benzene rings is 2. The van der Waals surface area contributed by atoms with Gasteiger partial charge in [0.15, 0.2) is 11.6 Å². The number of carbonyl (C=O) groups excluding carboxylic acids is 1. The Bertz CT molecular complexity index is 797. The fourth-order valence-electron chi connectivity index (χ4n) is 3.45. The van der Waals surface area contributed by atoms with Crippen molar-refractivity contribution >= 4 is 17.4 Å². The number of anilines is 2. The van der Waals surface area contributed by atoms with E-state index < -0.39 is 11.6 Å². The topological polar surface area (TPSA) is 44.4 Å². The quantitative estimate of drug-likeness (QED) is 0.779. The third-order valence-corrected chi connectivity index (χ3v) is 4.89. The summed E-state index contributed by atoms with van der Waals surface area (Å²) >= 11 is 0. The molecule has 1 heterocycles. The van der Waals surface area contributed by atoms with Crippen LogP contribution < -0.4 is 15.5 Å². The Balaban J connectivity index is 1.49. The molecule has 1 unspecified atom stereocenters. The van der Waals surface area contributed by atoms with Crippen molar-refractivity contribution in [3.8, 4) is 0 Å². The van der Waals surface area contributed by atoms with Gasteiger partial charge in [0.25, 0.3) is 0 Å². The smallest absolute Gasteiger partial charge is 0.319 e. The van der Waals surface area contributed by atoms with E-state index in [-0.39, 0.29) is 11.9 Å². The van der Waals surface area contributed by atoms with E-state index in [0.717, 1.165) is 43.1 Å². The number of rotatable bonds is 6. The summed E-state index contributed by atoms with van der Waals surface area (Å²) in [6, 6.07) is 11.6. The van der Waals surface area contributed by atoms with Crippen LogP contribution in [0.25, 0.3) is 0 Å². The predicted molar refractivity (Wildman–Crippen MR) is 104 cm³/mol. The molecule has 6 heteroatoms. The van der Waals surface area contributed by atoms with Crippen LogP contribution in [0, 0.1) is 17.6 Å². The summed E-state index contributed by atoms with van der Waals surface area (Å²) in [6.45, 7) is 4.12. The molecule has 1 fully saturated rings. The van der Waals surface area contributed by atoms with Crippen molar-refractivity contribution in [3.05, 3.63) is 59.7 Å². The zero-order chi connectivity index (χ0) is 19.2. The molecule has 1 atom stereocenters. The second kappa shape index (κ2) is 8.84. The molecule has 1 aliphatic rings. The molecular formula is C21H25F2N3O. The average Bonchev–Trinajstić information content (AvgIpc) is 3.13. The van der Waals surface area contributed by atoms with Gasteiger partial charge in [-0.3, -0.25) is 0 Å². The van der Waals surface area contributed by atoms with Gasteiger partial charge in [-0.15, -0.1) is 0 Å². The maximum atomic E-state index is 13.4. The fourth-order valence-corrected chi connectivity index (χ4v) is 3.45. The molecule has 0 saturated carbocycles. The monoisotopic (exact) mass is 373 g/mol. The summed E-state index contributed by atoms with van der Waals surface area (Å²) < 4.78 is 26.5. The summed E-state index contributed by atoms with van der Waals surface area (Å²) in [5.41, 5.74) is 2.64. The van der Waals surface area contributed by atoms with Gasteiger partial charge in [-0.2, -0.15) is 0 Å². The number of para-hydroxylation sites is 1. The molecule has 2 amide bonds. The molecule has 4 nitrogen and oxygen atoms in total. The Hall–Kier alpha value is -2.63. The lowest BCUT2D eigenvalue weighted by molar-refractivity contribution is 0.250. The molecule has 0 aromatic heterocycles. The Morgan fingerprint density at radius 1 is 1.19 bits per heavy atom. The van der Waals surface area contributed by atoms with Crippen LogP contribution in [0.5, 0.6) is 0 Å². The van der Waals surface area contributed by atoms with Crippen LogP contribution in [0.1, 0.15) is 25.3 Å². The first-order chi connectivity index (χ1) is 13.1. The summed E-state index contributed by atoms with van der Waals surface area (Å²) in [5, 5.41) is 5.85. The molecule has 0 bridgehead atoms. The lowest BCUT2D eigenvalue weighted by Gasteiger charge is -2.19. The van der Waals surface area contributed by atoms with Gasteiger partial charge in [-0.25, -0.2) is 13.6 Å². The highest BCUT2D eigenvalue weighted by atomic mass is 19.2. The van der Waals surface area contributed by atoms with Crippen LogP contribution in [0.4, 0.5) is 25.0 Å². The van der Waals surface area contributed by atoms with Gasteiger partial charge in [0.1, 0.15) is 0 Å². The highest BCUT2D eigenvalue weighted by Crippen LogP contribution is 2.25. The third kappa shape index (κ3) is 4.96. The van der Waals surface area contributed by atoms with Crippen LogP contribution in [0.15, 0.2) is 42.5 Å². The van der Waals surface area contributed by atoms with Crippen molar-refractivity contribution < 1.29 is 13.6 Å². The Morgan fingerprint density at radius 2 is 2.00 bits per heavy atom. The molecule has 0 aliphatic carbocycles. The molecule has 0 spiro atoms. The molecular weight excluding hydrogens is 348 g/mol. The first kappa shape index (κ1) is 19.1. The largest absolute Gasteiger partial charge is 0.371 e. The molecule has 3 rings (SSSR count). The number of halogens is 2. The van der Waals surface area contributed by atoms with E-state index in [1.165, 1.54) is 6.07 Å². The van der Waals surface area contributed by atoms with E-state index in [1.807, 2.05) is 29.2 Å². The first-order valence-electron chi connectivity index (χ1n) is 9.39. The zero-order valence-corrected chi connectivity index (χ0v) is 15.5. The van der Waals surface area contributed by atoms with Crippen molar-refractivity contribution in [1.82, 2.24) is 5.32 Å². The van der Waals surface area contributed by atoms with E-state index in [2.05, 4.69) is 17.6 Å². The lowest BCUT2D eigenvalue weighted by atomic mass is 10.1. The molecule has 27 heavy (non-hydrogen) atoms. The van der Waals surface area contributed by atoms with Gasteiger partial charge in [0.05, 0.1) is 0 Å². The predicted octanol–water partition coefficient (Wildman–Crippen LogP) is 4.57. The van der Waals surface area contributed by atoms with Crippen LogP contribution >= 0.6 is 0 Å². The van der Waals surface area contributed by atoms with Gasteiger partial charge in [0, 0.05) is 37.1 Å². The van der Waals surface area contributed by atoms with E-state index in [1.54, 1.807) is 6.07 Å². The first-order valence-corrected chi connectivity index (χ1v) is 9.39. The van der Waals surface area contributed by atoms with E-state index >= 15 is 0 Å². The molecule has 2 aromatic carbocycles. The highest BCUT2D eigenvalue weighted by molar-refractivity contribution is 5.90. The summed E-state index contributed by atoms with van der Waals surface area (Å²) in [6.07, 6.45) is 2.83. The molecule has 0 radical (unpaired) electrons. The lowest BCUT2D eigenvalue weighted by Crippen LogP contribution is -2.34. The van der Waals surface area contributed by atoms with Crippen LogP contribution in [0.3, 0.4) is 0 Å². The summed E-state index contributed by atoms with van der Waals surface area (Å²) in [5.74, 6) is -1.40. The van der Waals surface area contributed by atoms with Crippen molar-refractivity contribution in [3.63, 3.8) is 0 Å². The summed E-state index contributed by atoms with van der Waals surface area (Å²) in [7, 11) is 0. The van der Waals surface area contributed by atoms with Gasteiger partial charge in [0.2, 0.25) is 0 Å². The molecule has 144 valence electrons. The number of hydrogen-bond acceptors (Lipinski definition) is 2. The summed E-state index contributed by atoms with van der Waals surface area (Å²) in [4.78, 5) is 14.2. The van der Waals surface area contributed by atoms with Crippen LogP contribution in [-0.2, 0) is 6.42 Å². The van der Waals surface area contributed by atoms with Crippen molar-refractivity contribution in [2.45, 2.75) is 26.2 Å². The normalized spacial score (nSPS) is 16.4. The van der Waals surface area contributed by atoms with Crippen LogP contribution in [-0.4, -0.2) is 25.7 Å². The zero-order valence-electron chi connectivity index (χ0n) is 15.5. The van der Waals surface area contributed by atoms with Gasteiger partial charge < -0.3 is 15.5 Å². The van der Waals surface area contributed by atoms with E-state index in [0.29, 0.717) is 18.8 Å². The number of nitrogens with one attached hydrogen (secondary N) is 2. The molecule has 2 aromatic rings. The average molecular weight is 373 g/mol. The minimum absolute atomic E-state index is 0.218. The second-order valence-electron chi connectivity index (χ2n) is 6.94. The SMILES string of the molecule is CCCc1ccccc1NC(=O)NCC1CCN(c2ccc(F)c(F)c2)C1. The van der Waals surface area contributed by atoms with Crippen LogP contribution in [0.2, 0.25) is 0 Å². The number of hydrogen-bond donors (Lipinski definition) is 2.